The lowest BCUT2D eigenvalue weighted by Gasteiger charge is -2.33. The molecule has 0 unspecified atom stereocenters. The van der Waals surface area contributed by atoms with E-state index in [0.29, 0.717) is 19.6 Å². The fourth-order valence-electron chi connectivity index (χ4n) is 2.41. The highest BCUT2D eigenvalue weighted by molar-refractivity contribution is 5.92. The van der Waals surface area contributed by atoms with Crippen LogP contribution in [0, 0.1) is 10.1 Å². The van der Waals surface area contributed by atoms with Crippen molar-refractivity contribution in [3.8, 4) is 0 Å². The maximum Gasteiger partial charge on any atom is 0.343 e. The second-order valence-corrected chi connectivity index (χ2v) is 5.04. The van der Waals surface area contributed by atoms with E-state index in [4.69, 9.17) is 4.42 Å². The van der Waals surface area contributed by atoms with Gasteiger partial charge in [0.15, 0.2) is 5.69 Å². The number of piperazine rings is 1. The summed E-state index contributed by atoms with van der Waals surface area (Å²) in [6.07, 6.45) is 1.64. The van der Waals surface area contributed by atoms with Crippen LogP contribution in [0.4, 0.5) is 5.82 Å². The van der Waals surface area contributed by atoms with Crippen molar-refractivity contribution in [3.63, 3.8) is 0 Å². The summed E-state index contributed by atoms with van der Waals surface area (Å²) >= 11 is 0. The van der Waals surface area contributed by atoms with Crippen molar-refractivity contribution < 1.29 is 14.1 Å². The lowest BCUT2D eigenvalue weighted by Crippen LogP contribution is -2.48. The third kappa shape index (κ3) is 2.98. The number of aromatic amines is 1. The van der Waals surface area contributed by atoms with E-state index in [9.17, 15) is 14.9 Å². The van der Waals surface area contributed by atoms with Crippen LogP contribution in [-0.4, -0.2) is 57.0 Å². The molecule has 2 aromatic rings. The fraction of sp³-hybridized carbons (Fsp3) is 0.385. The third-order valence-electron chi connectivity index (χ3n) is 3.60. The predicted molar refractivity (Wildman–Crippen MR) is 75.1 cm³/mol. The standard InChI is InChI=1S/C13H15N5O4/c19-13(11-8-12(15-14-11)18(20)21)17-5-3-16(4-6-17)9-10-2-1-7-22-10/h1-2,7-8H,3-6,9H2,(H,14,15). The molecule has 1 N–H and O–H groups in total. The van der Waals surface area contributed by atoms with Crippen molar-refractivity contribution in [2.24, 2.45) is 0 Å². The van der Waals surface area contributed by atoms with Gasteiger partial charge in [0.2, 0.25) is 0 Å². The number of hydrogen-bond donors (Lipinski definition) is 1. The number of rotatable bonds is 4. The summed E-state index contributed by atoms with van der Waals surface area (Å²) in [7, 11) is 0. The van der Waals surface area contributed by atoms with E-state index < -0.39 is 4.92 Å². The average molecular weight is 305 g/mol. The van der Waals surface area contributed by atoms with Crippen molar-refractivity contribution in [3.05, 3.63) is 46.0 Å². The minimum atomic E-state index is -0.606. The quantitative estimate of drug-likeness (QED) is 0.663. The molecule has 0 radical (unpaired) electrons. The molecule has 0 saturated carbocycles. The third-order valence-corrected chi connectivity index (χ3v) is 3.60. The molecule has 0 bridgehead atoms. The van der Waals surface area contributed by atoms with Crippen LogP contribution in [0.5, 0.6) is 0 Å². The van der Waals surface area contributed by atoms with Crippen molar-refractivity contribution in [1.82, 2.24) is 20.0 Å². The smallest absolute Gasteiger partial charge is 0.343 e. The number of aromatic nitrogens is 2. The van der Waals surface area contributed by atoms with Crippen molar-refractivity contribution in [2.75, 3.05) is 26.2 Å². The van der Waals surface area contributed by atoms with Gasteiger partial charge in [-0.1, -0.05) is 5.10 Å². The molecule has 1 amide bonds. The highest BCUT2D eigenvalue weighted by Crippen LogP contribution is 2.13. The van der Waals surface area contributed by atoms with Gasteiger partial charge in [0, 0.05) is 26.2 Å². The van der Waals surface area contributed by atoms with Crippen LogP contribution in [0.25, 0.3) is 0 Å². The number of nitrogens with one attached hydrogen (secondary N) is 1. The van der Waals surface area contributed by atoms with E-state index in [0.717, 1.165) is 24.9 Å². The minimum Gasteiger partial charge on any atom is -0.468 e. The summed E-state index contributed by atoms with van der Waals surface area (Å²) in [5.41, 5.74) is 0.0752. The molecule has 0 aromatic carbocycles. The molecule has 0 atom stereocenters. The Bertz CT molecular complexity index is 658. The molecule has 1 aliphatic rings. The first kappa shape index (κ1) is 14.3. The molecule has 22 heavy (non-hydrogen) atoms. The molecule has 2 aromatic heterocycles. The van der Waals surface area contributed by atoms with Crippen LogP contribution in [0.3, 0.4) is 0 Å². The van der Waals surface area contributed by atoms with E-state index in [1.54, 1.807) is 11.2 Å². The van der Waals surface area contributed by atoms with Gasteiger partial charge in [-0.3, -0.25) is 9.69 Å². The van der Waals surface area contributed by atoms with Gasteiger partial charge >= 0.3 is 5.82 Å². The Morgan fingerprint density at radius 2 is 2.18 bits per heavy atom. The van der Waals surface area contributed by atoms with Gasteiger partial charge in [-0.15, -0.1) is 5.10 Å². The van der Waals surface area contributed by atoms with Gasteiger partial charge in [0.1, 0.15) is 5.76 Å². The van der Waals surface area contributed by atoms with E-state index in [-0.39, 0.29) is 17.4 Å². The molecule has 116 valence electrons. The number of amides is 1. The summed E-state index contributed by atoms with van der Waals surface area (Å²) < 4.78 is 5.30. The maximum atomic E-state index is 12.2. The van der Waals surface area contributed by atoms with Gasteiger partial charge in [0.05, 0.1) is 18.9 Å². The molecule has 3 heterocycles. The lowest BCUT2D eigenvalue weighted by molar-refractivity contribution is -0.389. The zero-order valence-electron chi connectivity index (χ0n) is 11.8. The Morgan fingerprint density at radius 1 is 1.41 bits per heavy atom. The fourth-order valence-corrected chi connectivity index (χ4v) is 2.41. The van der Waals surface area contributed by atoms with Crippen LogP contribution < -0.4 is 0 Å². The number of nitro groups is 1. The van der Waals surface area contributed by atoms with Gasteiger partial charge in [-0.2, -0.15) is 0 Å². The Kier molecular flexibility index (Phi) is 3.88. The van der Waals surface area contributed by atoms with Gasteiger partial charge < -0.3 is 19.4 Å². The highest BCUT2D eigenvalue weighted by Gasteiger charge is 2.26. The van der Waals surface area contributed by atoms with E-state index >= 15 is 0 Å². The average Bonchev–Trinajstić information content (AvgIpc) is 3.18. The first-order chi connectivity index (χ1) is 10.6. The van der Waals surface area contributed by atoms with E-state index in [1.807, 2.05) is 12.1 Å². The lowest BCUT2D eigenvalue weighted by atomic mass is 10.2. The SMILES string of the molecule is O=C(c1cc([N+](=O)[O-])[nH]n1)N1CCN(Cc2ccco2)CC1. The molecule has 3 rings (SSSR count). The summed E-state index contributed by atoms with van der Waals surface area (Å²) in [5, 5.41) is 16.6. The van der Waals surface area contributed by atoms with Crippen LogP contribution in [0.15, 0.2) is 28.9 Å². The van der Waals surface area contributed by atoms with Crippen LogP contribution in [0.2, 0.25) is 0 Å². The van der Waals surface area contributed by atoms with Crippen LogP contribution in [0.1, 0.15) is 16.2 Å². The molecular formula is C13H15N5O4. The van der Waals surface area contributed by atoms with E-state index in [1.165, 1.54) is 0 Å². The van der Waals surface area contributed by atoms with Crippen molar-refractivity contribution >= 4 is 11.7 Å². The van der Waals surface area contributed by atoms with Crippen LogP contribution in [-0.2, 0) is 6.54 Å². The van der Waals surface area contributed by atoms with Crippen LogP contribution >= 0.6 is 0 Å². The topological polar surface area (TPSA) is 109 Å². The summed E-state index contributed by atoms with van der Waals surface area (Å²) in [6, 6.07) is 4.93. The Labute approximate surface area is 125 Å². The number of H-pyrrole nitrogens is 1. The number of carbonyl (C=O) groups is 1. The Balaban J connectivity index is 1.56. The molecule has 0 spiro atoms. The molecular weight excluding hydrogens is 290 g/mol. The summed E-state index contributed by atoms with van der Waals surface area (Å²) in [4.78, 5) is 26.1. The first-order valence-corrected chi connectivity index (χ1v) is 6.87. The highest BCUT2D eigenvalue weighted by atomic mass is 16.6. The predicted octanol–water partition coefficient (Wildman–Crippen LogP) is 0.869. The van der Waals surface area contributed by atoms with Gasteiger partial charge in [-0.25, -0.2) is 0 Å². The normalized spacial score (nSPS) is 15.9. The molecule has 1 aliphatic heterocycles. The van der Waals surface area contributed by atoms with Crippen molar-refractivity contribution in [1.29, 1.82) is 0 Å². The monoisotopic (exact) mass is 305 g/mol. The Hall–Kier alpha value is -2.68. The summed E-state index contributed by atoms with van der Waals surface area (Å²) in [5.74, 6) is 0.324. The number of carbonyl (C=O) groups excluding carboxylic acids is 1. The second-order valence-electron chi connectivity index (χ2n) is 5.04. The largest absolute Gasteiger partial charge is 0.468 e. The number of furan rings is 1. The second kappa shape index (κ2) is 5.98. The first-order valence-electron chi connectivity index (χ1n) is 6.87. The summed E-state index contributed by atoms with van der Waals surface area (Å²) in [6.45, 7) is 3.27. The van der Waals surface area contributed by atoms with Gasteiger partial charge in [0.25, 0.3) is 5.91 Å². The molecule has 9 nitrogen and oxygen atoms in total. The number of nitrogens with zero attached hydrogens (tertiary/aromatic N) is 4. The zero-order valence-corrected chi connectivity index (χ0v) is 11.8. The van der Waals surface area contributed by atoms with Gasteiger partial charge in [-0.05, 0) is 17.1 Å². The molecule has 9 heteroatoms. The zero-order chi connectivity index (χ0) is 15.5. The number of hydrogen-bond acceptors (Lipinski definition) is 6. The Morgan fingerprint density at radius 3 is 2.77 bits per heavy atom. The molecule has 1 fully saturated rings. The van der Waals surface area contributed by atoms with Crippen molar-refractivity contribution in [2.45, 2.75) is 6.54 Å². The molecule has 1 saturated heterocycles. The maximum absolute atomic E-state index is 12.2. The minimum absolute atomic E-state index is 0.0752. The molecule has 0 aliphatic carbocycles. The van der Waals surface area contributed by atoms with E-state index in [2.05, 4.69) is 15.1 Å².